The summed E-state index contributed by atoms with van der Waals surface area (Å²) in [5.41, 5.74) is 3.78. The van der Waals surface area contributed by atoms with Gasteiger partial charge in [0.25, 0.3) is 5.56 Å². The van der Waals surface area contributed by atoms with E-state index in [1.165, 1.54) is 5.57 Å². The van der Waals surface area contributed by atoms with Gasteiger partial charge in [-0.15, -0.1) is 13.2 Å². The third-order valence-electron chi connectivity index (χ3n) is 3.99. The van der Waals surface area contributed by atoms with Crippen LogP contribution in [-0.2, 0) is 6.54 Å². The summed E-state index contributed by atoms with van der Waals surface area (Å²) >= 11 is 0. The third-order valence-corrected chi connectivity index (χ3v) is 3.99. The van der Waals surface area contributed by atoms with E-state index in [0.29, 0.717) is 23.1 Å². The number of rotatable bonds is 1. The Morgan fingerprint density at radius 1 is 1.24 bits per heavy atom. The number of allylic oxidation sites excluding steroid dienone is 4. The van der Waals surface area contributed by atoms with Crippen LogP contribution in [0, 0.1) is 6.92 Å². The minimum absolute atomic E-state index is 0.0835. The summed E-state index contributed by atoms with van der Waals surface area (Å²) in [6.45, 7) is 16.4. The zero-order chi connectivity index (χ0) is 19.1. The molecule has 0 amide bonds. The normalized spacial score (nSPS) is 13.0. The van der Waals surface area contributed by atoms with Crippen molar-refractivity contribution in [3.8, 4) is 5.75 Å². The van der Waals surface area contributed by atoms with Crippen molar-refractivity contribution < 1.29 is 5.11 Å². The molecule has 4 nitrogen and oxygen atoms in total. The summed E-state index contributed by atoms with van der Waals surface area (Å²) in [6.07, 6.45) is 4.68. The number of aromatic hydroxyl groups is 1. The van der Waals surface area contributed by atoms with E-state index in [9.17, 15) is 9.90 Å². The number of hydrogen-bond donors (Lipinski definition) is 1. The van der Waals surface area contributed by atoms with Gasteiger partial charge in [0.05, 0.1) is 11.1 Å². The fraction of sp³-hybridized carbons (Fsp3) is 0.333. The van der Waals surface area contributed by atoms with Crippen molar-refractivity contribution in [2.45, 2.75) is 47.6 Å². The fourth-order valence-corrected chi connectivity index (χ4v) is 2.89. The second-order valence-corrected chi connectivity index (χ2v) is 5.45. The summed E-state index contributed by atoms with van der Waals surface area (Å²) in [6, 6.07) is 3.54. The molecule has 3 heterocycles. The van der Waals surface area contributed by atoms with Crippen molar-refractivity contribution in [1.29, 1.82) is 0 Å². The molecule has 25 heavy (non-hydrogen) atoms. The molecule has 0 saturated heterocycles. The summed E-state index contributed by atoms with van der Waals surface area (Å²) < 4.78 is 1.66. The smallest absolute Gasteiger partial charge is 0.260 e. The molecule has 0 saturated carbocycles. The molecule has 1 aliphatic rings. The van der Waals surface area contributed by atoms with Gasteiger partial charge in [0.15, 0.2) is 5.75 Å². The molecule has 1 N–H and O–H groups in total. The standard InChI is InChI=1S/C17H18N2O2.C2H6.C2H4/c1-4-5-12-10(2)8-9-19-15(12)16(20)14-13(17(19)21)7-6-11(3)18-14;2*1-2/h4-7,20H,8-9H2,1-3H3;1-2H3;1-2H2/b5-4-;;. The van der Waals surface area contributed by atoms with E-state index in [4.69, 9.17) is 0 Å². The highest BCUT2D eigenvalue weighted by Gasteiger charge is 2.23. The van der Waals surface area contributed by atoms with E-state index in [0.717, 1.165) is 17.7 Å². The molecule has 0 aromatic carbocycles. The molecular formula is C21H28N2O2. The zero-order valence-electron chi connectivity index (χ0n) is 15.9. The lowest BCUT2D eigenvalue weighted by atomic mass is 9.96. The highest BCUT2D eigenvalue weighted by atomic mass is 16.3. The third kappa shape index (κ3) is 3.73. The van der Waals surface area contributed by atoms with Gasteiger partial charge in [-0.25, -0.2) is 4.98 Å². The molecule has 0 fully saturated rings. The van der Waals surface area contributed by atoms with E-state index in [-0.39, 0.29) is 11.3 Å². The van der Waals surface area contributed by atoms with E-state index < -0.39 is 0 Å². The van der Waals surface area contributed by atoms with Gasteiger partial charge in [-0.05, 0) is 39.3 Å². The van der Waals surface area contributed by atoms with E-state index in [2.05, 4.69) is 18.1 Å². The number of pyridine rings is 2. The number of aromatic nitrogens is 2. The second kappa shape index (κ2) is 9.02. The minimum Gasteiger partial charge on any atom is -0.504 e. The van der Waals surface area contributed by atoms with Crippen molar-refractivity contribution >= 4 is 16.5 Å². The maximum absolute atomic E-state index is 12.7. The first-order valence-electron chi connectivity index (χ1n) is 8.60. The van der Waals surface area contributed by atoms with Crippen LogP contribution in [0.1, 0.15) is 45.5 Å². The Balaban J connectivity index is 0.000000730. The molecule has 3 rings (SSSR count). The first-order valence-corrected chi connectivity index (χ1v) is 8.60. The van der Waals surface area contributed by atoms with Crippen molar-refractivity contribution in [3.05, 3.63) is 64.8 Å². The number of hydrogen-bond acceptors (Lipinski definition) is 3. The van der Waals surface area contributed by atoms with Crippen LogP contribution in [0.25, 0.3) is 16.5 Å². The molecule has 2 aromatic rings. The lowest BCUT2D eigenvalue weighted by Gasteiger charge is -2.23. The first-order chi connectivity index (χ1) is 12.0. The van der Waals surface area contributed by atoms with Crippen molar-refractivity contribution in [2.75, 3.05) is 0 Å². The van der Waals surface area contributed by atoms with Crippen LogP contribution < -0.4 is 5.56 Å². The quantitative estimate of drug-likeness (QED) is 0.744. The zero-order valence-corrected chi connectivity index (χ0v) is 15.9. The maximum Gasteiger partial charge on any atom is 0.260 e. The average molecular weight is 340 g/mol. The van der Waals surface area contributed by atoms with Crippen LogP contribution in [-0.4, -0.2) is 14.7 Å². The molecule has 0 bridgehead atoms. The van der Waals surface area contributed by atoms with Gasteiger partial charge in [0.2, 0.25) is 0 Å². The molecule has 0 aliphatic carbocycles. The predicted molar refractivity (Wildman–Crippen MR) is 107 cm³/mol. The molecule has 0 unspecified atom stereocenters. The van der Waals surface area contributed by atoms with Gasteiger partial charge in [-0.3, -0.25) is 4.79 Å². The van der Waals surface area contributed by atoms with Gasteiger partial charge in [-0.2, -0.15) is 0 Å². The number of nitrogens with zero attached hydrogens (tertiary/aromatic N) is 2. The maximum atomic E-state index is 12.7. The van der Waals surface area contributed by atoms with Crippen molar-refractivity contribution in [3.63, 3.8) is 0 Å². The average Bonchev–Trinajstić information content (AvgIpc) is 2.64. The molecule has 0 atom stereocenters. The number of fused-ring (bicyclic) bond motifs is 2. The van der Waals surface area contributed by atoms with Crippen LogP contribution in [0.5, 0.6) is 5.75 Å². The number of aryl methyl sites for hydroxylation is 1. The van der Waals surface area contributed by atoms with Crippen LogP contribution in [0.4, 0.5) is 0 Å². The highest BCUT2D eigenvalue weighted by molar-refractivity contribution is 5.91. The summed E-state index contributed by atoms with van der Waals surface area (Å²) in [4.78, 5) is 17.0. The minimum atomic E-state index is -0.0835. The molecule has 1 aliphatic heterocycles. The van der Waals surface area contributed by atoms with Gasteiger partial charge in [0.1, 0.15) is 5.52 Å². The monoisotopic (exact) mass is 340 g/mol. The van der Waals surface area contributed by atoms with Crippen molar-refractivity contribution in [1.82, 2.24) is 9.55 Å². The topological polar surface area (TPSA) is 55.1 Å². The van der Waals surface area contributed by atoms with E-state index >= 15 is 0 Å². The summed E-state index contributed by atoms with van der Waals surface area (Å²) in [5.74, 6) is 0.0976. The molecule has 2 aromatic heterocycles. The fourth-order valence-electron chi connectivity index (χ4n) is 2.89. The Hall–Kier alpha value is -2.62. The Bertz CT molecular complexity index is 874. The molecule has 4 heteroatoms. The van der Waals surface area contributed by atoms with Crippen LogP contribution in [0.3, 0.4) is 0 Å². The van der Waals surface area contributed by atoms with Crippen molar-refractivity contribution in [2.24, 2.45) is 0 Å². The predicted octanol–water partition coefficient (Wildman–Crippen LogP) is 4.99. The Kier molecular flexibility index (Phi) is 7.37. The Labute approximate surface area is 149 Å². The Morgan fingerprint density at radius 2 is 1.88 bits per heavy atom. The Morgan fingerprint density at radius 3 is 2.48 bits per heavy atom. The van der Waals surface area contributed by atoms with Gasteiger partial charge >= 0.3 is 0 Å². The van der Waals surface area contributed by atoms with Crippen LogP contribution in [0.2, 0.25) is 0 Å². The van der Waals surface area contributed by atoms with Crippen LogP contribution in [0.15, 0.2) is 47.8 Å². The van der Waals surface area contributed by atoms with E-state index in [1.54, 1.807) is 16.7 Å². The van der Waals surface area contributed by atoms with Crippen LogP contribution >= 0.6 is 0 Å². The summed E-state index contributed by atoms with van der Waals surface area (Å²) in [5, 5.41) is 11.1. The second-order valence-electron chi connectivity index (χ2n) is 5.45. The molecular weight excluding hydrogens is 312 g/mol. The first kappa shape index (κ1) is 20.4. The lowest BCUT2D eigenvalue weighted by molar-refractivity contribution is 0.465. The summed E-state index contributed by atoms with van der Waals surface area (Å²) in [7, 11) is 0. The lowest BCUT2D eigenvalue weighted by Crippen LogP contribution is -2.26. The molecule has 134 valence electrons. The van der Waals surface area contributed by atoms with Gasteiger partial charge in [-0.1, -0.05) is 31.6 Å². The van der Waals surface area contributed by atoms with Gasteiger partial charge in [0, 0.05) is 17.8 Å². The van der Waals surface area contributed by atoms with Gasteiger partial charge < -0.3 is 9.67 Å². The molecule has 0 radical (unpaired) electrons. The molecule has 0 spiro atoms. The SMILES string of the molecule is C/C=C\C1=C(C)CCn2c1c(O)c1nc(C)ccc1c2=O.C=C.CC. The largest absolute Gasteiger partial charge is 0.504 e. The highest BCUT2D eigenvalue weighted by Crippen LogP contribution is 2.36. The van der Waals surface area contributed by atoms with E-state index in [1.807, 2.05) is 46.8 Å².